The summed E-state index contributed by atoms with van der Waals surface area (Å²) >= 11 is 0. The van der Waals surface area contributed by atoms with Crippen molar-refractivity contribution in [1.29, 1.82) is 0 Å². The maximum atomic E-state index is 10.2. The maximum Gasteiger partial charge on any atom is 0.168 e. The molecule has 0 bridgehead atoms. The smallest absolute Gasteiger partial charge is 0.168 e. The van der Waals surface area contributed by atoms with E-state index >= 15 is 0 Å². The Morgan fingerprint density at radius 3 is 2.64 bits per heavy atom. The second-order valence-corrected chi connectivity index (χ2v) is 3.55. The van der Waals surface area contributed by atoms with Crippen molar-refractivity contribution in [3.63, 3.8) is 0 Å². The predicted octanol–water partition coefficient (Wildman–Crippen LogP) is -0.0450. The van der Waals surface area contributed by atoms with E-state index in [1.807, 2.05) is 0 Å². The van der Waals surface area contributed by atoms with Crippen LogP contribution in [-0.4, -0.2) is 32.8 Å². The van der Waals surface area contributed by atoms with E-state index in [0.717, 1.165) is 0 Å². The molecule has 0 radical (unpaired) electrons. The Hall–Kier alpha value is -1.52. The van der Waals surface area contributed by atoms with Crippen LogP contribution in [0.4, 0.5) is 0 Å². The summed E-state index contributed by atoms with van der Waals surface area (Å²) in [6.45, 7) is 0. The highest BCUT2D eigenvalue weighted by atomic mass is 16.3. The van der Waals surface area contributed by atoms with Crippen LogP contribution in [-0.2, 0) is 0 Å². The van der Waals surface area contributed by atoms with Crippen LogP contribution in [0.15, 0.2) is 46.7 Å². The molecule has 0 saturated carbocycles. The first kappa shape index (κ1) is 7.84. The van der Waals surface area contributed by atoms with Gasteiger partial charge in [0.2, 0.25) is 0 Å². The van der Waals surface area contributed by atoms with Gasteiger partial charge >= 0.3 is 0 Å². The fourth-order valence-electron chi connectivity index (χ4n) is 1.93. The van der Waals surface area contributed by atoms with Crippen molar-refractivity contribution in [3.05, 3.63) is 36.7 Å². The summed E-state index contributed by atoms with van der Waals surface area (Å²) in [5.74, 6) is 0. The van der Waals surface area contributed by atoms with Gasteiger partial charge in [0, 0.05) is 12.4 Å². The van der Waals surface area contributed by atoms with E-state index in [2.05, 4.69) is 9.98 Å². The molecule has 0 aromatic heterocycles. The summed E-state index contributed by atoms with van der Waals surface area (Å²) < 4.78 is 0. The quantitative estimate of drug-likeness (QED) is 0.560. The van der Waals surface area contributed by atoms with Gasteiger partial charge in [0.25, 0.3) is 0 Å². The Kier molecular flexibility index (Phi) is 1.18. The third-order valence-corrected chi connectivity index (χ3v) is 2.69. The van der Waals surface area contributed by atoms with E-state index in [0.29, 0.717) is 11.4 Å². The SMILES string of the molecule is OC12C=CN=C1C1(O)C=CN=C1C=C2. The fraction of sp³-hybridized carbons (Fsp3) is 0.200. The standard InChI is InChI=1S/C10H8N2O2/c13-9-2-1-7-10(14,4-6-11-7)8(9)12-5-3-9/h1-6,13-14H. The molecule has 14 heavy (non-hydrogen) atoms. The number of aliphatic hydroxyl groups is 2. The van der Waals surface area contributed by atoms with Gasteiger partial charge in [0.15, 0.2) is 5.60 Å². The molecule has 0 aromatic rings. The summed E-state index contributed by atoms with van der Waals surface area (Å²) in [6, 6.07) is 0. The first-order chi connectivity index (χ1) is 6.65. The van der Waals surface area contributed by atoms with Gasteiger partial charge in [-0.3, -0.25) is 9.98 Å². The topological polar surface area (TPSA) is 65.2 Å². The molecule has 2 heterocycles. The number of fused-ring (bicyclic) bond motifs is 3. The zero-order valence-electron chi connectivity index (χ0n) is 7.25. The van der Waals surface area contributed by atoms with Crippen LogP contribution < -0.4 is 0 Å². The molecule has 2 aliphatic heterocycles. The molecule has 0 fully saturated rings. The summed E-state index contributed by atoms with van der Waals surface area (Å²) in [7, 11) is 0. The van der Waals surface area contributed by atoms with Gasteiger partial charge in [-0.15, -0.1) is 0 Å². The lowest BCUT2D eigenvalue weighted by Crippen LogP contribution is -2.55. The normalized spacial score (nSPS) is 42.1. The van der Waals surface area contributed by atoms with Gasteiger partial charge < -0.3 is 10.2 Å². The first-order valence-electron chi connectivity index (χ1n) is 4.32. The van der Waals surface area contributed by atoms with Gasteiger partial charge in [-0.05, 0) is 24.3 Å². The summed E-state index contributed by atoms with van der Waals surface area (Å²) in [5.41, 5.74) is -1.76. The monoisotopic (exact) mass is 188 g/mol. The van der Waals surface area contributed by atoms with Gasteiger partial charge in [0.05, 0.1) is 11.4 Å². The van der Waals surface area contributed by atoms with E-state index in [-0.39, 0.29) is 0 Å². The Labute approximate surface area is 80.3 Å². The summed E-state index contributed by atoms with van der Waals surface area (Å²) in [4.78, 5) is 8.00. The molecule has 2 N–H and O–H groups in total. The molecular formula is C10H8N2O2. The van der Waals surface area contributed by atoms with Gasteiger partial charge in [-0.2, -0.15) is 0 Å². The van der Waals surface area contributed by atoms with Crippen LogP contribution >= 0.6 is 0 Å². The van der Waals surface area contributed by atoms with Crippen molar-refractivity contribution in [2.45, 2.75) is 11.2 Å². The number of hydrogen-bond donors (Lipinski definition) is 2. The van der Waals surface area contributed by atoms with E-state index in [4.69, 9.17) is 0 Å². The Morgan fingerprint density at radius 1 is 1.00 bits per heavy atom. The zero-order chi connectivity index (χ0) is 9.81. The van der Waals surface area contributed by atoms with Crippen LogP contribution in [0.25, 0.3) is 0 Å². The molecule has 2 atom stereocenters. The van der Waals surface area contributed by atoms with Gasteiger partial charge in [-0.25, -0.2) is 0 Å². The molecule has 1 aliphatic carbocycles. The molecule has 0 amide bonds. The average molecular weight is 188 g/mol. The average Bonchev–Trinajstić information content (AvgIpc) is 2.67. The third-order valence-electron chi connectivity index (χ3n) is 2.69. The van der Waals surface area contributed by atoms with Gasteiger partial charge in [-0.1, -0.05) is 0 Å². The molecule has 4 heteroatoms. The molecule has 0 spiro atoms. The van der Waals surface area contributed by atoms with Crippen molar-refractivity contribution in [2.75, 3.05) is 0 Å². The number of nitrogens with zero attached hydrogens (tertiary/aromatic N) is 2. The molecule has 4 nitrogen and oxygen atoms in total. The lowest BCUT2D eigenvalue weighted by molar-refractivity contribution is 0.172. The second-order valence-electron chi connectivity index (χ2n) is 3.55. The molecule has 3 rings (SSSR count). The van der Waals surface area contributed by atoms with E-state index < -0.39 is 11.2 Å². The van der Waals surface area contributed by atoms with Crippen LogP contribution in [0, 0.1) is 0 Å². The Bertz CT molecular complexity index is 459. The summed E-state index contributed by atoms with van der Waals surface area (Å²) in [5, 5.41) is 20.3. The Balaban J connectivity index is 2.26. The van der Waals surface area contributed by atoms with Crippen molar-refractivity contribution >= 4 is 11.4 Å². The van der Waals surface area contributed by atoms with Crippen LogP contribution in [0.5, 0.6) is 0 Å². The maximum absolute atomic E-state index is 10.2. The van der Waals surface area contributed by atoms with E-state index in [9.17, 15) is 10.2 Å². The minimum absolute atomic E-state index is 0.306. The third kappa shape index (κ3) is 0.708. The minimum Gasteiger partial charge on any atom is -0.376 e. The second kappa shape index (κ2) is 2.10. The lowest BCUT2D eigenvalue weighted by Gasteiger charge is -2.33. The zero-order valence-corrected chi connectivity index (χ0v) is 7.25. The van der Waals surface area contributed by atoms with E-state index in [1.165, 1.54) is 18.5 Å². The first-order valence-corrected chi connectivity index (χ1v) is 4.32. The predicted molar refractivity (Wildman–Crippen MR) is 52.2 cm³/mol. The molecule has 0 aromatic carbocycles. The Morgan fingerprint density at radius 2 is 1.79 bits per heavy atom. The number of hydrogen-bond acceptors (Lipinski definition) is 4. The van der Waals surface area contributed by atoms with Crippen LogP contribution in [0.1, 0.15) is 0 Å². The van der Waals surface area contributed by atoms with E-state index in [1.54, 1.807) is 18.2 Å². The molecule has 0 saturated heterocycles. The minimum atomic E-state index is -1.33. The van der Waals surface area contributed by atoms with Gasteiger partial charge in [0.1, 0.15) is 5.60 Å². The molecule has 70 valence electrons. The number of aliphatic imine (C=N–C) groups is 2. The molecule has 2 unspecified atom stereocenters. The van der Waals surface area contributed by atoms with Crippen molar-refractivity contribution in [3.8, 4) is 0 Å². The highest BCUT2D eigenvalue weighted by molar-refractivity contribution is 6.28. The van der Waals surface area contributed by atoms with Crippen molar-refractivity contribution in [1.82, 2.24) is 0 Å². The molecular weight excluding hydrogens is 180 g/mol. The highest BCUT2D eigenvalue weighted by Crippen LogP contribution is 2.34. The van der Waals surface area contributed by atoms with Crippen molar-refractivity contribution in [2.24, 2.45) is 9.98 Å². The fourth-order valence-corrected chi connectivity index (χ4v) is 1.93. The van der Waals surface area contributed by atoms with Crippen molar-refractivity contribution < 1.29 is 10.2 Å². The lowest BCUT2D eigenvalue weighted by atomic mass is 9.78. The highest BCUT2D eigenvalue weighted by Gasteiger charge is 2.50. The summed E-state index contributed by atoms with van der Waals surface area (Å²) in [6.07, 6.45) is 9.28. The molecule has 3 aliphatic rings. The number of rotatable bonds is 0. The largest absolute Gasteiger partial charge is 0.376 e. The van der Waals surface area contributed by atoms with Crippen LogP contribution in [0.3, 0.4) is 0 Å². The van der Waals surface area contributed by atoms with Crippen LogP contribution in [0.2, 0.25) is 0 Å².